The van der Waals surface area contributed by atoms with Gasteiger partial charge in [0.05, 0.1) is 12.6 Å². The standard InChI is InChI=1S/C12H12FN3O2S/c13-12-4-3-10(2-1-5-14)8-11(12)9-16-19(17,18)7-6-15/h3-4,8,16H,5,7,9,14H2. The van der Waals surface area contributed by atoms with Crippen LogP contribution < -0.4 is 10.5 Å². The zero-order valence-electron chi connectivity index (χ0n) is 9.98. The zero-order chi connectivity index (χ0) is 14.3. The van der Waals surface area contributed by atoms with Gasteiger partial charge in [-0.1, -0.05) is 11.8 Å². The third kappa shape index (κ3) is 5.06. The van der Waals surface area contributed by atoms with Crippen LogP contribution in [0.25, 0.3) is 0 Å². The molecule has 0 heterocycles. The SMILES string of the molecule is N#CCS(=O)(=O)NCc1cc(C#CCN)ccc1F. The van der Waals surface area contributed by atoms with E-state index in [1.54, 1.807) is 0 Å². The predicted molar refractivity (Wildman–Crippen MR) is 68.6 cm³/mol. The first-order chi connectivity index (χ1) is 8.98. The minimum absolute atomic E-state index is 0.158. The molecule has 0 aliphatic carbocycles. The number of nitrogens with two attached hydrogens (primary N) is 1. The van der Waals surface area contributed by atoms with Crippen molar-refractivity contribution in [3.8, 4) is 17.9 Å². The molecular weight excluding hydrogens is 269 g/mol. The lowest BCUT2D eigenvalue weighted by Gasteiger charge is -2.05. The molecule has 0 spiro atoms. The molecule has 1 rings (SSSR count). The van der Waals surface area contributed by atoms with Gasteiger partial charge in [-0.3, -0.25) is 0 Å². The second-order valence-corrected chi connectivity index (χ2v) is 5.36. The number of rotatable bonds is 4. The van der Waals surface area contributed by atoms with Gasteiger partial charge in [0.2, 0.25) is 10.0 Å². The molecule has 5 nitrogen and oxygen atoms in total. The first kappa shape index (κ1) is 15.1. The van der Waals surface area contributed by atoms with E-state index in [-0.39, 0.29) is 18.7 Å². The quantitative estimate of drug-likeness (QED) is 0.764. The average Bonchev–Trinajstić information content (AvgIpc) is 2.36. The van der Waals surface area contributed by atoms with Gasteiger partial charge in [0.15, 0.2) is 5.75 Å². The van der Waals surface area contributed by atoms with Crippen LogP contribution in [0.15, 0.2) is 18.2 Å². The number of hydrogen-bond acceptors (Lipinski definition) is 4. The average molecular weight is 281 g/mol. The van der Waals surface area contributed by atoms with Gasteiger partial charge in [0.1, 0.15) is 5.82 Å². The summed E-state index contributed by atoms with van der Waals surface area (Å²) in [7, 11) is -3.71. The van der Waals surface area contributed by atoms with Gasteiger partial charge >= 0.3 is 0 Å². The Bertz CT molecular complexity index is 654. The van der Waals surface area contributed by atoms with Crippen molar-refractivity contribution in [2.24, 2.45) is 5.73 Å². The summed E-state index contributed by atoms with van der Waals surface area (Å²) in [5.74, 6) is 4.13. The number of hydrogen-bond donors (Lipinski definition) is 2. The van der Waals surface area contributed by atoms with Crippen molar-refractivity contribution in [1.29, 1.82) is 5.26 Å². The minimum Gasteiger partial charge on any atom is -0.320 e. The fourth-order valence-corrected chi connectivity index (χ4v) is 1.91. The van der Waals surface area contributed by atoms with Crippen molar-refractivity contribution in [3.63, 3.8) is 0 Å². The molecule has 100 valence electrons. The van der Waals surface area contributed by atoms with Crippen LogP contribution in [0.3, 0.4) is 0 Å². The van der Waals surface area contributed by atoms with Crippen molar-refractivity contribution in [2.45, 2.75) is 6.54 Å². The van der Waals surface area contributed by atoms with E-state index in [0.717, 1.165) is 0 Å². The molecule has 0 amide bonds. The van der Waals surface area contributed by atoms with Crippen molar-refractivity contribution in [2.75, 3.05) is 12.3 Å². The maximum absolute atomic E-state index is 13.5. The Labute approximate surface area is 111 Å². The van der Waals surface area contributed by atoms with E-state index in [9.17, 15) is 12.8 Å². The zero-order valence-corrected chi connectivity index (χ0v) is 10.8. The van der Waals surface area contributed by atoms with Gasteiger partial charge < -0.3 is 5.73 Å². The number of benzene rings is 1. The van der Waals surface area contributed by atoms with Crippen LogP contribution >= 0.6 is 0 Å². The number of sulfonamides is 1. The molecule has 0 radical (unpaired) electrons. The molecule has 0 bridgehead atoms. The Morgan fingerprint density at radius 2 is 2.16 bits per heavy atom. The highest BCUT2D eigenvalue weighted by Crippen LogP contribution is 2.10. The predicted octanol–water partition coefficient (Wildman–Crippen LogP) is 0.0789. The van der Waals surface area contributed by atoms with E-state index in [1.165, 1.54) is 24.3 Å². The normalized spacial score (nSPS) is 10.4. The molecule has 0 aliphatic heterocycles. The smallest absolute Gasteiger partial charge is 0.225 e. The van der Waals surface area contributed by atoms with Crippen LogP contribution in [-0.2, 0) is 16.6 Å². The van der Waals surface area contributed by atoms with E-state index in [2.05, 4.69) is 16.6 Å². The van der Waals surface area contributed by atoms with Gasteiger partial charge in [0, 0.05) is 17.7 Å². The molecule has 0 fully saturated rings. The van der Waals surface area contributed by atoms with Crippen LogP contribution in [-0.4, -0.2) is 20.7 Å². The summed E-state index contributed by atoms with van der Waals surface area (Å²) in [6.45, 7) is -0.0461. The third-order valence-electron chi connectivity index (χ3n) is 2.12. The molecular formula is C12H12FN3O2S. The Kier molecular flexibility index (Phi) is 5.46. The summed E-state index contributed by atoms with van der Waals surface area (Å²) < 4.78 is 38.2. The fraction of sp³-hybridized carbons (Fsp3) is 0.250. The summed E-state index contributed by atoms with van der Waals surface area (Å²) in [5.41, 5.74) is 5.92. The van der Waals surface area contributed by atoms with Crippen LogP contribution in [0.4, 0.5) is 4.39 Å². The summed E-state index contributed by atoms with van der Waals surface area (Å²) in [5, 5.41) is 8.32. The first-order valence-electron chi connectivity index (χ1n) is 5.30. The number of halogens is 1. The molecule has 0 unspecified atom stereocenters. The van der Waals surface area contributed by atoms with E-state index in [1.807, 2.05) is 0 Å². The molecule has 0 saturated heterocycles. The van der Waals surface area contributed by atoms with Gasteiger partial charge in [0.25, 0.3) is 0 Å². The van der Waals surface area contributed by atoms with Crippen molar-refractivity contribution >= 4 is 10.0 Å². The van der Waals surface area contributed by atoms with E-state index in [4.69, 9.17) is 11.0 Å². The Morgan fingerprint density at radius 3 is 2.79 bits per heavy atom. The monoisotopic (exact) mass is 281 g/mol. The van der Waals surface area contributed by atoms with E-state index >= 15 is 0 Å². The topological polar surface area (TPSA) is 96.0 Å². The maximum atomic E-state index is 13.5. The summed E-state index contributed by atoms with van der Waals surface area (Å²) in [6.07, 6.45) is 0. The largest absolute Gasteiger partial charge is 0.320 e. The molecule has 0 aliphatic rings. The minimum atomic E-state index is -3.71. The Balaban J connectivity index is 2.87. The highest BCUT2D eigenvalue weighted by molar-refractivity contribution is 7.89. The van der Waals surface area contributed by atoms with Crippen LogP contribution in [0.1, 0.15) is 11.1 Å². The van der Waals surface area contributed by atoms with Crippen LogP contribution in [0.5, 0.6) is 0 Å². The Hall–Kier alpha value is -1.93. The van der Waals surface area contributed by atoms with Gasteiger partial charge in [-0.15, -0.1) is 0 Å². The lowest BCUT2D eigenvalue weighted by Crippen LogP contribution is -2.25. The number of nitrogens with zero attached hydrogens (tertiary/aromatic N) is 1. The third-order valence-corrected chi connectivity index (χ3v) is 3.21. The highest BCUT2D eigenvalue weighted by atomic mass is 32.2. The highest BCUT2D eigenvalue weighted by Gasteiger charge is 2.11. The molecule has 1 aromatic carbocycles. The van der Waals surface area contributed by atoms with Gasteiger partial charge in [-0.25, -0.2) is 17.5 Å². The van der Waals surface area contributed by atoms with Crippen molar-refractivity contribution in [1.82, 2.24) is 4.72 Å². The molecule has 0 saturated carbocycles. The van der Waals surface area contributed by atoms with Gasteiger partial charge in [-0.05, 0) is 18.2 Å². The lowest BCUT2D eigenvalue weighted by atomic mass is 10.1. The first-order valence-corrected chi connectivity index (χ1v) is 6.95. The maximum Gasteiger partial charge on any atom is 0.225 e. The van der Waals surface area contributed by atoms with Gasteiger partial charge in [-0.2, -0.15) is 5.26 Å². The number of nitrogens with one attached hydrogen (secondary N) is 1. The summed E-state index contributed by atoms with van der Waals surface area (Å²) in [6, 6.07) is 5.64. The molecule has 19 heavy (non-hydrogen) atoms. The molecule has 0 aromatic heterocycles. The van der Waals surface area contributed by atoms with E-state index in [0.29, 0.717) is 5.56 Å². The summed E-state index contributed by atoms with van der Waals surface area (Å²) in [4.78, 5) is 0. The molecule has 3 N–H and O–H groups in total. The second-order valence-electron chi connectivity index (χ2n) is 3.55. The number of nitriles is 1. The molecule has 0 atom stereocenters. The molecule has 7 heteroatoms. The Morgan fingerprint density at radius 1 is 1.42 bits per heavy atom. The van der Waals surface area contributed by atoms with E-state index < -0.39 is 21.6 Å². The fourth-order valence-electron chi connectivity index (χ4n) is 1.26. The van der Waals surface area contributed by atoms with Crippen molar-refractivity contribution < 1.29 is 12.8 Å². The van der Waals surface area contributed by atoms with Crippen molar-refractivity contribution in [3.05, 3.63) is 35.1 Å². The van der Waals surface area contributed by atoms with Crippen LogP contribution in [0.2, 0.25) is 0 Å². The summed E-state index contributed by atoms with van der Waals surface area (Å²) >= 11 is 0. The van der Waals surface area contributed by atoms with Crippen LogP contribution in [0, 0.1) is 29.0 Å². The molecule has 1 aromatic rings. The lowest BCUT2D eigenvalue weighted by molar-refractivity contribution is 0.577. The second kappa shape index (κ2) is 6.86.